The zero-order chi connectivity index (χ0) is 24.1. The summed E-state index contributed by atoms with van der Waals surface area (Å²) < 4.78 is 0. The molecule has 4 amide bonds. The van der Waals surface area contributed by atoms with Crippen LogP contribution >= 0.6 is 0 Å². The van der Waals surface area contributed by atoms with Gasteiger partial charge in [-0.1, -0.05) is 60.7 Å². The fourth-order valence-electron chi connectivity index (χ4n) is 6.00. The Labute approximate surface area is 202 Å². The molecular weight excluding hydrogens is 442 g/mol. The maximum Gasteiger partial charge on any atom is 0.237 e. The summed E-state index contributed by atoms with van der Waals surface area (Å²) in [6.45, 7) is 0.481. The normalized spacial score (nSPS) is 25.8. The van der Waals surface area contributed by atoms with Gasteiger partial charge >= 0.3 is 0 Å². The van der Waals surface area contributed by atoms with E-state index in [-0.39, 0.29) is 49.1 Å². The molecule has 3 heterocycles. The van der Waals surface area contributed by atoms with E-state index in [0.29, 0.717) is 6.42 Å². The number of aromatic nitrogens is 1. The molecule has 0 saturated carbocycles. The fraction of sp³-hybridized carbons (Fsp3) is 0.286. The molecule has 2 aliphatic heterocycles. The molecule has 35 heavy (non-hydrogen) atoms. The molecule has 7 nitrogen and oxygen atoms in total. The number of nitrogens with zero attached hydrogens (tertiary/aromatic N) is 2. The minimum Gasteiger partial charge on any atom is -0.364 e. The maximum atomic E-state index is 13.4. The molecule has 0 bridgehead atoms. The monoisotopic (exact) mass is 467 g/mol. The van der Waals surface area contributed by atoms with Crippen LogP contribution in [0.1, 0.15) is 47.1 Å². The lowest BCUT2D eigenvalue weighted by molar-refractivity contribution is -0.142. The topological polar surface area (TPSA) is 90.5 Å². The van der Waals surface area contributed by atoms with Gasteiger partial charge in [0.1, 0.15) is 0 Å². The van der Waals surface area contributed by atoms with E-state index in [1.165, 1.54) is 9.80 Å². The van der Waals surface area contributed by atoms with Crippen molar-refractivity contribution >= 4 is 23.6 Å². The van der Waals surface area contributed by atoms with Gasteiger partial charge in [-0.05, 0) is 29.2 Å². The van der Waals surface area contributed by atoms with E-state index >= 15 is 0 Å². The Morgan fingerprint density at radius 3 is 1.94 bits per heavy atom. The van der Waals surface area contributed by atoms with Crippen molar-refractivity contribution in [3.8, 4) is 0 Å². The molecule has 2 saturated heterocycles. The first-order chi connectivity index (χ1) is 17.0. The zero-order valence-corrected chi connectivity index (χ0v) is 19.1. The quantitative estimate of drug-likeness (QED) is 0.583. The van der Waals surface area contributed by atoms with Crippen molar-refractivity contribution in [3.05, 3.63) is 95.3 Å². The van der Waals surface area contributed by atoms with Crippen LogP contribution in [0.2, 0.25) is 0 Å². The van der Waals surface area contributed by atoms with E-state index < -0.39 is 17.8 Å². The number of fused-ring (bicyclic) bond motifs is 3. The molecule has 1 aromatic heterocycles. The molecular formula is C28H25N3O4. The van der Waals surface area contributed by atoms with Crippen LogP contribution in [0.15, 0.2) is 72.9 Å². The van der Waals surface area contributed by atoms with Gasteiger partial charge in [-0.15, -0.1) is 0 Å². The predicted molar refractivity (Wildman–Crippen MR) is 126 cm³/mol. The zero-order valence-electron chi connectivity index (χ0n) is 19.1. The Bertz CT molecular complexity index is 1320. The average Bonchev–Trinajstić information content (AvgIpc) is 3.53. The fourth-order valence-corrected chi connectivity index (χ4v) is 6.00. The van der Waals surface area contributed by atoms with Gasteiger partial charge in [0.05, 0.1) is 30.8 Å². The number of imide groups is 2. The first-order valence-corrected chi connectivity index (χ1v) is 12.0. The van der Waals surface area contributed by atoms with Gasteiger partial charge in [-0.2, -0.15) is 0 Å². The molecule has 3 aliphatic rings. The van der Waals surface area contributed by atoms with E-state index in [0.717, 1.165) is 22.4 Å². The van der Waals surface area contributed by atoms with Crippen LogP contribution in [-0.4, -0.2) is 38.4 Å². The number of rotatable bonds is 5. The van der Waals surface area contributed by atoms with E-state index in [1.54, 1.807) is 6.20 Å². The second kappa shape index (κ2) is 8.34. The van der Waals surface area contributed by atoms with Crippen molar-refractivity contribution in [2.24, 2.45) is 11.8 Å². The van der Waals surface area contributed by atoms with Gasteiger partial charge in [0.15, 0.2) is 0 Å². The molecule has 3 aromatic rings. The van der Waals surface area contributed by atoms with Crippen LogP contribution in [0.3, 0.4) is 0 Å². The van der Waals surface area contributed by atoms with Crippen LogP contribution in [-0.2, 0) is 32.3 Å². The Kier molecular flexibility index (Phi) is 5.13. The van der Waals surface area contributed by atoms with Crippen LogP contribution in [0.4, 0.5) is 0 Å². The molecule has 0 radical (unpaired) electrons. The Morgan fingerprint density at radius 1 is 0.686 bits per heavy atom. The van der Waals surface area contributed by atoms with E-state index in [4.69, 9.17) is 0 Å². The number of benzene rings is 2. The molecule has 0 spiro atoms. The van der Waals surface area contributed by atoms with Gasteiger partial charge in [0, 0.05) is 24.2 Å². The van der Waals surface area contributed by atoms with Crippen molar-refractivity contribution in [2.75, 3.05) is 0 Å². The molecule has 176 valence electrons. The van der Waals surface area contributed by atoms with Crippen molar-refractivity contribution < 1.29 is 19.2 Å². The summed E-state index contributed by atoms with van der Waals surface area (Å²) in [4.78, 5) is 59.0. The SMILES string of the molecule is O=C1CC([C@H]2C[C@@H]3C(=O)N(Cc4ccccc4)C(=O)[C@@H]3c3cc[nH]c32)C(=O)N1Cc1ccccc1. The number of likely N-dealkylation sites (tertiary alicyclic amines) is 2. The second-order valence-corrected chi connectivity index (χ2v) is 9.64. The maximum absolute atomic E-state index is 13.4. The summed E-state index contributed by atoms with van der Waals surface area (Å²) in [6, 6.07) is 20.8. The van der Waals surface area contributed by atoms with E-state index in [2.05, 4.69) is 4.98 Å². The number of hydrogen-bond acceptors (Lipinski definition) is 4. The smallest absolute Gasteiger partial charge is 0.237 e. The largest absolute Gasteiger partial charge is 0.364 e. The van der Waals surface area contributed by atoms with Crippen LogP contribution in [0.5, 0.6) is 0 Å². The molecule has 4 atom stereocenters. The van der Waals surface area contributed by atoms with Gasteiger partial charge in [0.25, 0.3) is 0 Å². The second-order valence-electron chi connectivity index (χ2n) is 9.64. The standard InChI is InChI=1S/C28H25N3O4/c32-23-14-21(26(33)30(23)15-17-7-3-1-4-8-17)20-13-22-24(19-11-12-29-25(19)20)28(35)31(27(22)34)16-18-9-5-2-6-10-18/h1-12,20-22,24,29H,13-16H2/t20-,21?,22+,24-/m1/s1. The van der Waals surface area contributed by atoms with Crippen molar-refractivity contribution in [1.82, 2.24) is 14.8 Å². The summed E-state index contributed by atoms with van der Waals surface area (Å²) in [7, 11) is 0. The van der Waals surface area contributed by atoms with Crippen LogP contribution < -0.4 is 0 Å². The molecule has 1 N–H and O–H groups in total. The number of carbonyl (C=O) groups excluding carboxylic acids is 4. The molecule has 2 aromatic carbocycles. The minimum atomic E-state index is -0.546. The molecule has 2 fully saturated rings. The lowest BCUT2D eigenvalue weighted by atomic mass is 9.69. The summed E-state index contributed by atoms with van der Waals surface area (Å²) in [5, 5.41) is 0. The molecule has 6 rings (SSSR count). The van der Waals surface area contributed by atoms with Crippen molar-refractivity contribution in [1.29, 1.82) is 0 Å². The van der Waals surface area contributed by atoms with Gasteiger partial charge in [0.2, 0.25) is 23.6 Å². The van der Waals surface area contributed by atoms with Gasteiger partial charge in [-0.3, -0.25) is 29.0 Å². The first kappa shape index (κ1) is 21.5. The number of hydrogen-bond donors (Lipinski definition) is 1. The lowest BCUT2D eigenvalue weighted by Gasteiger charge is -2.32. The van der Waals surface area contributed by atoms with Gasteiger partial charge < -0.3 is 4.98 Å². The summed E-state index contributed by atoms with van der Waals surface area (Å²) >= 11 is 0. The summed E-state index contributed by atoms with van der Waals surface area (Å²) in [5.41, 5.74) is 3.38. The highest BCUT2D eigenvalue weighted by molar-refractivity contribution is 6.08. The average molecular weight is 468 g/mol. The highest BCUT2D eigenvalue weighted by atomic mass is 16.2. The lowest BCUT2D eigenvalue weighted by Crippen LogP contribution is -2.34. The molecule has 7 heteroatoms. The predicted octanol–water partition coefficient (Wildman–Crippen LogP) is 3.35. The van der Waals surface area contributed by atoms with Crippen LogP contribution in [0, 0.1) is 11.8 Å². The van der Waals surface area contributed by atoms with E-state index in [1.807, 2.05) is 66.7 Å². The van der Waals surface area contributed by atoms with Gasteiger partial charge in [-0.25, -0.2) is 0 Å². The third-order valence-electron chi connectivity index (χ3n) is 7.68. The number of carbonyl (C=O) groups is 4. The number of H-pyrrole nitrogens is 1. The third kappa shape index (κ3) is 3.50. The highest BCUT2D eigenvalue weighted by Gasteiger charge is 2.55. The minimum absolute atomic E-state index is 0.113. The van der Waals surface area contributed by atoms with E-state index in [9.17, 15) is 19.2 Å². The number of nitrogens with one attached hydrogen (secondary N) is 1. The Morgan fingerprint density at radius 2 is 1.29 bits per heavy atom. The van der Waals surface area contributed by atoms with Crippen molar-refractivity contribution in [2.45, 2.75) is 37.8 Å². The third-order valence-corrected chi connectivity index (χ3v) is 7.68. The number of amides is 4. The van der Waals surface area contributed by atoms with Crippen LogP contribution in [0.25, 0.3) is 0 Å². The number of aromatic amines is 1. The Balaban J connectivity index is 1.28. The van der Waals surface area contributed by atoms with Crippen molar-refractivity contribution in [3.63, 3.8) is 0 Å². The molecule has 1 unspecified atom stereocenters. The molecule has 1 aliphatic carbocycles. The Hall–Kier alpha value is -4.00. The highest BCUT2D eigenvalue weighted by Crippen LogP contribution is 2.51. The summed E-state index contributed by atoms with van der Waals surface area (Å²) in [6.07, 6.45) is 2.25. The summed E-state index contributed by atoms with van der Waals surface area (Å²) in [5.74, 6) is -2.72. The first-order valence-electron chi connectivity index (χ1n) is 12.0.